The van der Waals surface area contributed by atoms with E-state index < -0.39 is 0 Å². The van der Waals surface area contributed by atoms with Crippen molar-refractivity contribution in [2.45, 2.75) is 32.4 Å². The van der Waals surface area contributed by atoms with Gasteiger partial charge in [0.25, 0.3) is 0 Å². The number of benzene rings is 2. The molecule has 0 saturated carbocycles. The summed E-state index contributed by atoms with van der Waals surface area (Å²) in [5, 5.41) is 3.75. The molecule has 4 rings (SSSR count). The average molecular weight is 418 g/mol. The molecule has 0 bridgehead atoms. The maximum atomic E-state index is 6.14. The lowest BCUT2D eigenvalue weighted by Crippen LogP contribution is -2.29. The minimum atomic E-state index is 0.146. The van der Waals surface area contributed by atoms with Crippen molar-refractivity contribution >= 4 is 21.6 Å². The fraction of sp³-hybridized carbons (Fsp3) is 0.429. The van der Waals surface area contributed by atoms with Crippen molar-refractivity contribution in [3.63, 3.8) is 0 Å². The van der Waals surface area contributed by atoms with Crippen LogP contribution >= 0.6 is 15.9 Å². The Balaban J connectivity index is 1.77. The third-order valence-corrected chi connectivity index (χ3v) is 5.87. The molecule has 138 valence electrons. The zero-order chi connectivity index (χ0) is 18.3. The van der Waals surface area contributed by atoms with Crippen LogP contribution in [-0.4, -0.2) is 20.3 Å². The number of aryl methyl sites for hydroxylation is 1. The molecule has 0 spiro atoms. The Morgan fingerprint density at radius 3 is 2.88 bits per heavy atom. The van der Waals surface area contributed by atoms with Crippen LogP contribution in [0.4, 0.5) is 5.69 Å². The molecule has 2 aromatic rings. The monoisotopic (exact) mass is 417 g/mol. The quantitative estimate of drug-likeness (QED) is 0.721. The molecule has 2 heterocycles. The van der Waals surface area contributed by atoms with Crippen molar-refractivity contribution in [2.75, 3.05) is 25.6 Å². The second kappa shape index (κ2) is 7.12. The van der Waals surface area contributed by atoms with E-state index in [2.05, 4.69) is 58.5 Å². The van der Waals surface area contributed by atoms with Gasteiger partial charge >= 0.3 is 0 Å². The van der Waals surface area contributed by atoms with E-state index in [1.165, 1.54) is 16.7 Å². The maximum absolute atomic E-state index is 6.14. The Morgan fingerprint density at radius 2 is 2.12 bits per heavy atom. The molecule has 4 nitrogen and oxygen atoms in total. The molecule has 2 aromatic carbocycles. The molecular formula is C21H24BrNO3. The van der Waals surface area contributed by atoms with Gasteiger partial charge in [-0.15, -0.1) is 0 Å². The van der Waals surface area contributed by atoms with Crippen LogP contribution in [0.2, 0.25) is 0 Å². The first-order valence-electron chi connectivity index (χ1n) is 9.11. The van der Waals surface area contributed by atoms with Crippen LogP contribution in [0, 0.1) is 12.8 Å². The molecule has 0 amide bonds. The molecule has 1 N–H and O–H groups in total. The first kappa shape index (κ1) is 17.7. The van der Waals surface area contributed by atoms with Crippen molar-refractivity contribution in [3.8, 4) is 11.5 Å². The van der Waals surface area contributed by atoms with Crippen LogP contribution in [0.15, 0.2) is 34.8 Å². The zero-order valence-corrected chi connectivity index (χ0v) is 16.9. The molecule has 1 saturated heterocycles. The number of nitrogens with one attached hydrogen (secondary N) is 1. The summed E-state index contributed by atoms with van der Waals surface area (Å²) in [6.07, 6.45) is 1.19. The third kappa shape index (κ3) is 2.97. The van der Waals surface area contributed by atoms with E-state index in [4.69, 9.17) is 14.2 Å². The summed E-state index contributed by atoms with van der Waals surface area (Å²) in [6, 6.07) is 11.0. The van der Waals surface area contributed by atoms with Gasteiger partial charge in [0.15, 0.2) is 11.5 Å². The predicted molar refractivity (Wildman–Crippen MR) is 106 cm³/mol. The largest absolute Gasteiger partial charge is 0.492 e. The minimum absolute atomic E-state index is 0.146. The summed E-state index contributed by atoms with van der Waals surface area (Å²) in [5.74, 6) is 1.91. The molecule has 2 aliphatic rings. The van der Waals surface area contributed by atoms with E-state index in [0.717, 1.165) is 34.7 Å². The number of ether oxygens (including phenoxy) is 3. The molecule has 1 fully saturated rings. The lowest BCUT2D eigenvalue weighted by atomic mass is 9.80. The third-order valence-electron chi connectivity index (χ3n) is 5.29. The summed E-state index contributed by atoms with van der Waals surface area (Å²) in [7, 11) is 1.67. The second-order valence-electron chi connectivity index (χ2n) is 6.92. The normalized spacial score (nSPS) is 23.8. The Kier molecular flexibility index (Phi) is 4.84. The molecular weight excluding hydrogens is 394 g/mol. The lowest BCUT2D eigenvalue weighted by molar-refractivity contribution is 0.0828. The number of fused-ring (bicyclic) bond motifs is 3. The van der Waals surface area contributed by atoms with Crippen LogP contribution in [0.5, 0.6) is 11.5 Å². The first-order chi connectivity index (χ1) is 12.6. The standard InChI is InChI=1S/C21H24BrNO3/c1-4-25-18-11-13(10-16(22)21(18)24-3)19-14-7-8-26-20(14)15-9-12(2)5-6-17(15)23-19/h5-6,9-11,14,19-20,23H,4,7-8H2,1-3H3/t14-,19+,20-/m0/s1. The van der Waals surface area contributed by atoms with Gasteiger partial charge in [0.05, 0.1) is 30.3 Å². The van der Waals surface area contributed by atoms with Gasteiger partial charge in [-0.05, 0) is 60.0 Å². The van der Waals surface area contributed by atoms with Crippen LogP contribution < -0.4 is 14.8 Å². The number of rotatable bonds is 4. The molecule has 0 unspecified atom stereocenters. The summed E-state index contributed by atoms with van der Waals surface area (Å²) in [6.45, 7) is 5.52. The number of hydrogen-bond donors (Lipinski definition) is 1. The van der Waals surface area contributed by atoms with E-state index in [1.807, 2.05) is 6.92 Å². The van der Waals surface area contributed by atoms with E-state index in [0.29, 0.717) is 12.5 Å². The number of methoxy groups -OCH3 is 1. The Morgan fingerprint density at radius 1 is 1.27 bits per heavy atom. The topological polar surface area (TPSA) is 39.7 Å². The number of anilines is 1. The molecule has 5 heteroatoms. The van der Waals surface area contributed by atoms with Gasteiger partial charge in [-0.2, -0.15) is 0 Å². The average Bonchev–Trinajstić information content (AvgIpc) is 3.11. The summed E-state index contributed by atoms with van der Waals surface area (Å²) < 4.78 is 18.4. The van der Waals surface area contributed by atoms with Gasteiger partial charge < -0.3 is 19.5 Å². The van der Waals surface area contributed by atoms with Crippen molar-refractivity contribution in [3.05, 3.63) is 51.5 Å². The van der Waals surface area contributed by atoms with E-state index >= 15 is 0 Å². The van der Waals surface area contributed by atoms with Crippen molar-refractivity contribution < 1.29 is 14.2 Å². The van der Waals surface area contributed by atoms with Gasteiger partial charge in [0, 0.05) is 23.8 Å². The van der Waals surface area contributed by atoms with Crippen LogP contribution in [0.1, 0.15) is 42.2 Å². The van der Waals surface area contributed by atoms with Gasteiger partial charge in [-0.1, -0.05) is 17.7 Å². The van der Waals surface area contributed by atoms with Crippen LogP contribution in [-0.2, 0) is 4.74 Å². The second-order valence-corrected chi connectivity index (χ2v) is 7.78. The van der Waals surface area contributed by atoms with E-state index in [-0.39, 0.29) is 12.1 Å². The van der Waals surface area contributed by atoms with Gasteiger partial charge in [-0.25, -0.2) is 0 Å². The minimum Gasteiger partial charge on any atom is -0.492 e. The fourth-order valence-corrected chi connectivity index (χ4v) is 4.77. The van der Waals surface area contributed by atoms with Crippen LogP contribution in [0.25, 0.3) is 0 Å². The molecule has 0 aromatic heterocycles. The summed E-state index contributed by atoms with van der Waals surface area (Å²) in [4.78, 5) is 0. The summed E-state index contributed by atoms with van der Waals surface area (Å²) >= 11 is 3.64. The predicted octanol–water partition coefficient (Wildman–Crippen LogP) is 5.41. The molecule has 26 heavy (non-hydrogen) atoms. The molecule has 0 aliphatic carbocycles. The number of hydrogen-bond acceptors (Lipinski definition) is 4. The first-order valence-corrected chi connectivity index (χ1v) is 9.90. The zero-order valence-electron chi connectivity index (χ0n) is 15.3. The Bertz CT molecular complexity index is 823. The Labute approximate surface area is 163 Å². The highest BCUT2D eigenvalue weighted by Crippen LogP contribution is 2.51. The fourth-order valence-electron chi connectivity index (χ4n) is 4.15. The van der Waals surface area contributed by atoms with Crippen molar-refractivity contribution in [2.24, 2.45) is 5.92 Å². The molecule has 2 aliphatic heterocycles. The molecule has 0 radical (unpaired) electrons. The lowest BCUT2D eigenvalue weighted by Gasteiger charge is -2.37. The van der Waals surface area contributed by atoms with Gasteiger partial charge in [0.1, 0.15) is 0 Å². The highest BCUT2D eigenvalue weighted by molar-refractivity contribution is 9.10. The number of halogens is 1. The van der Waals surface area contributed by atoms with Crippen LogP contribution in [0.3, 0.4) is 0 Å². The smallest absolute Gasteiger partial charge is 0.174 e. The highest BCUT2D eigenvalue weighted by Gasteiger charge is 2.41. The van der Waals surface area contributed by atoms with Gasteiger partial charge in [-0.3, -0.25) is 0 Å². The Hall–Kier alpha value is -1.72. The maximum Gasteiger partial charge on any atom is 0.174 e. The SMILES string of the molecule is CCOc1cc([C@H]2Nc3ccc(C)cc3[C@H]3OCC[C@@H]23)cc(Br)c1OC. The highest BCUT2D eigenvalue weighted by atomic mass is 79.9. The van der Waals surface area contributed by atoms with Crippen molar-refractivity contribution in [1.82, 2.24) is 0 Å². The summed E-state index contributed by atoms with van der Waals surface area (Å²) in [5.41, 5.74) is 4.90. The van der Waals surface area contributed by atoms with E-state index in [1.54, 1.807) is 7.11 Å². The van der Waals surface area contributed by atoms with E-state index in [9.17, 15) is 0 Å². The van der Waals surface area contributed by atoms with Crippen molar-refractivity contribution in [1.29, 1.82) is 0 Å². The molecule has 3 atom stereocenters. The van der Waals surface area contributed by atoms with Gasteiger partial charge in [0.2, 0.25) is 0 Å².